The molecular formula is C16H22N2O2S. The van der Waals surface area contributed by atoms with E-state index < -0.39 is 10.0 Å². The SMILES string of the molecule is CCCC1(CNS(=O)(=O)c2ccccc2C#CCN)CC1. The van der Waals surface area contributed by atoms with Crippen molar-refractivity contribution in [3.63, 3.8) is 0 Å². The van der Waals surface area contributed by atoms with Gasteiger partial charge in [0.1, 0.15) is 0 Å². The third kappa shape index (κ3) is 4.07. The van der Waals surface area contributed by atoms with Gasteiger partial charge >= 0.3 is 0 Å². The molecule has 0 saturated heterocycles. The average molecular weight is 306 g/mol. The van der Waals surface area contributed by atoms with Crippen LogP contribution in [0.15, 0.2) is 29.2 Å². The van der Waals surface area contributed by atoms with Crippen LogP contribution in [0.25, 0.3) is 0 Å². The highest BCUT2D eigenvalue weighted by molar-refractivity contribution is 7.89. The molecule has 0 amide bonds. The van der Waals surface area contributed by atoms with Gasteiger partial charge in [0.25, 0.3) is 0 Å². The number of nitrogens with two attached hydrogens (primary N) is 1. The van der Waals surface area contributed by atoms with E-state index in [-0.39, 0.29) is 16.9 Å². The van der Waals surface area contributed by atoms with Gasteiger partial charge in [-0.25, -0.2) is 13.1 Å². The first-order valence-electron chi connectivity index (χ1n) is 7.31. The van der Waals surface area contributed by atoms with E-state index in [4.69, 9.17) is 5.73 Å². The van der Waals surface area contributed by atoms with Crippen LogP contribution in [-0.4, -0.2) is 21.5 Å². The molecule has 0 spiro atoms. The van der Waals surface area contributed by atoms with E-state index in [0.29, 0.717) is 12.1 Å². The molecular weight excluding hydrogens is 284 g/mol. The van der Waals surface area contributed by atoms with Gasteiger partial charge in [-0.3, -0.25) is 0 Å². The summed E-state index contributed by atoms with van der Waals surface area (Å²) in [7, 11) is -3.53. The van der Waals surface area contributed by atoms with Crippen LogP contribution in [-0.2, 0) is 10.0 Å². The van der Waals surface area contributed by atoms with Gasteiger partial charge in [0, 0.05) is 12.1 Å². The fourth-order valence-corrected chi connectivity index (χ4v) is 3.82. The topological polar surface area (TPSA) is 72.2 Å². The molecule has 0 unspecified atom stereocenters. The van der Waals surface area contributed by atoms with Gasteiger partial charge in [-0.05, 0) is 36.8 Å². The molecule has 1 aromatic rings. The third-order valence-corrected chi connectivity index (χ3v) is 5.34. The number of rotatable bonds is 6. The standard InChI is InChI=1S/C16H22N2O2S/c1-2-9-16(10-11-16)13-18-21(19,20)15-8-4-3-6-14(15)7-5-12-17/h3-4,6,8,18H,2,9-13,17H2,1H3. The van der Waals surface area contributed by atoms with Gasteiger partial charge in [0.15, 0.2) is 0 Å². The van der Waals surface area contributed by atoms with Crippen LogP contribution in [0.5, 0.6) is 0 Å². The normalized spacial score (nSPS) is 16.1. The van der Waals surface area contributed by atoms with Crippen LogP contribution in [0.2, 0.25) is 0 Å². The van der Waals surface area contributed by atoms with Crippen LogP contribution in [0.1, 0.15) is 38.2 Å². The van der Waals surface area contributed by atoms with E-state index in [1.165, 1.54) is 0 Å². The molecule has 2 rings (SSSR count). The predicted molar refractivity (Wildman–Crippen MR) is 84.1 cm³/mol. The molecule has 114 valence electrons. The van der Waals surface area contributed by atoms with Gasteiger partial charge in [-0.1, -0.05) is 37.3 Å². The van der Waals surface area contributed by atoms with Crippen molar-refractivity contribution in [2.75, 3.05) is 13.1 Å². The van der Waals surface area contributed by atoms with Crippen LogP contribution in [0.3, 0.4) is 0 Å². The smallest absolute Gasteiger partial charge is 0.241 e. The Morgan fingerprint density at radius 1 is 1.33 bits per heavy atom. The van der Waals surface area contributed by atoms with Gasteiger partial charge < -0.3 is 5.73 Å². The van der Waals surface area contributed by atoms with Crippen LogP contribution >= 0.6 is 0 Å². The molecule has 4 nitrogen and oxygen atoms in total. The summed E-state index contributed by atoms with van der Waals surface area (Å²) in [5.74, 6) is 5.53. The number of benzene rings is 1. The van der Waals surface area contributed by atoms with Crippen molar-refractivity contribution in [1.29, 1.82) is 0 Å². The molecule has 0 aromatic heterocycles. The van der Waals surface area contributed by atoms with E-state index in [0.717, 1.165) is 25.7 Å². The second kappa shape index (κ2) is 6.61. The Balaban J connectivity index is 2.16. The molecule has 0 bridgehead atoms. The quantitative estimate of drug-likeness (QED) is 0.788. The maximum absolute atomic E-state index is 12.5. The highest BCUT2D eigenvalue weighted by Gasteiger charge is 2.42. The Kier molecular flexibility index (Phi) is 5.04. The Hall–Kier alpha value is -1.35. The number of hydrogen-bond donors (Lipinski definition) is 2. The van der Waals surface area contributed by atoms with Crippen molar-refractivity contribution in [1.82, 2.24) is 4.72 Å². The molecule has 1 aliphatic carbocycles. The van der Waals surface area contributed by atoms with E-state index in [2.05, 4.69) is 23.5 Å². The van der Waals surface area contributed by atoms with Crippen molar-refractivity contribution in [2.45, 2.75) is 37.5 Å². The van der Waals surface area contributed by atoms with E-state index >= 15 is 0 Å². The minimum atomic E-state index is -3.53. The van der Waals surface area contributed by atoms with Crippen LogP contribution < -0.4 is 10.5 Å². The highest BCUT2D eigenvalue weighted by atomic mass is 32.2. The predicted octanol–water partition coefficient (Wildman–Crippen LogP) is 1.86. The first kappa shape index (κ1) is 16.0. The molecule has 1 saturated carbocycles. The van der Waals surface area contributed by atoms with Crippen molar-refractivity contribution in [3.8, 4) is 11.8 Å². The maximum Gasteiger partial charge on any atom is 0.241 e. The lowest BCUT2D eigenvalue weighted by molar-refractivity contribution is 0.449. The summed E-state index contributed by atoms with van der Waals surface area (Å²) >= 11 is 0. The first-order valence-corrected chi connectivity index (χ1v) is 8.79. The summed E-state index contributed by atoms with van der Waals surface area (Å²) in [6, 6.07) is 6.78. The monoisotopic (exact) mass is 306 g/mol. The lowest BCUT2D eigenvalue weighted by Crippen LogP contribution is -2.30. The van der Waals surface area contributed by atoms with E-state index in [1.54, 1.807) is 24.3 Å². The summed E-state index contributed by atoms with van der Waals surface area (Å²) in [6.07, 6.45) is 4.38. The lowest BCUT2D eigenvalue weighted by atomic mass is 10.0. The molecule has 21 heavy (non-hydrogen) atoms. The number of sulfonamides is 1. The Morgan fingerprint density at radius 3 is 2.67 bits per heavy atom. The zero-order valence-electron chi connectivity index (χ0n) is 12.4. The molecule has 5 heteroatoms. The van der Waals surface area contributed by atoms with Crippen molar-refractivity contribution in [2.24, 2.45) is 11.1 Å². The Labute approximate surface area is 127 Å². The molecule has 0 aliphatic heterocycles. The largest absolute Gasteiger partial charge is 0.320 e. The van der Waals surface area contributed by atoms with Gasteiger partial charge in [0.2, 0.25) is 10.0 Å². The molecule has 0 atom stereocenters. The minimum Gasteiger partial charge on any atom is -0.320 e. The van der Waals surface area contributed by atoms with Gasteiger partial charge in [-0.2, -0.15) is 0 Å². The average Bonchev–Trinajstić information content (AvgIpc) is 3.24. The minimum absolute atomic E-state index is 0.180. The zero-order valence-corrected chi connectivity index (χ0v) is 13.2. The summed E-state index contributed by atoms with van der Waals surface area (Å²) in [4.78, 5) is 0.234. The van der Waals surface area contributed by atoms with E-state index in [9.17, 15) is 8.42 Å². The Morgan fingerprint density at radius 2 is 2.05 bits per heavy atom. The maximum atomic E-state index is 12.5. The first-order chi connectivity index (χ1) is 10.0. The van der Waals surface area contributed by atoms with Gasteiger partial charge in [-0.15, -0.1) is 0 Å². The van der Waals surface area contributed by atoms with Crippen LogP contribution in [0, 0.1) is 17.3 Å². The van der Waals surface area contributed by atoms with Crippen molar-refractivity contribution >= 4 is 10.0 Å². The Bertz CT molecular complexity index is 652. The second-order valence-corrected chi connectivity index (χ2v) is 7.31. The zero-order chi connectivity index (χ0) is 15.3. The number of nitrogens with one attached hydrogen (secondary N) is 1. The third-order valence-electron chi connectivity index (χ3n) is 3.88. The molecule has 1 aromatic carbocycles. The highest BCUT2D eigenvalue weighted by Crippen LogP contribution is 2.49. The number of hydrogen-bond acceptors (Lipinski definition) is 3. The van der Waals surface area contributed by atoms with E-state index in [1.807, 2.05) is 0 Å². The summed E-state index contributed by atoms with van der Waals surface area (Å²) in [5.41, 5.74) is 6.03. The molecule has 1 aliphatic rings. The molecule has 0 radical (unpaired) electrons. The summed E-state index contributed by atoms with van der Waals surface area (Å²) in [5, 5.41) is 0. The molecule has 3 N–H and O–H groups in total. The fraction of sp³-hybridized carbons (Fsp3) is 0.500. The fourth-order valence-electron chi connectivity index (χ4n) is 2.50. The summed E-state index contributed by atoms with van der Waals surface area (Å²) in [6.45, 7) is 2.86. The molecule has 0 heterocycles. The summed E-state index contributed by atoms with van der Waals surface area (Å²) < 4.78 is 27.7. The lowest BCUT2D eigenvalue weighted by Gasteiger charge is -2.15. The van der Waals surface area contributed by atoms with Crippen molar-refractivity contribution in [3.05, 3.63) is 29.8 Å². The molecule has 1 fully saturated rings. The van der Waals surface area contributed by atoms with Crippen LogP contribution in [0.4, 0.5) is 0 Å². The van der Waals surface area contributed by atoms with Gasteiger partial charge in [0.05, 0.1) is 11.4 Å². The van der Waals surface area contributed by atoms with Crippen molar-refractivity contribution < 1.29 is 8.42 Å². The second-order valence-electron chi connectivity index (χ2n) is 5.58.